The molecule has 1 aromatic heterocycles. The molecule has 2 fully saturated rings. The summed E-state index contributed by atoms with van der Waals surface area (Å²) in [4.78, 5) is 31.0. The second-order valence-electron chi connectivity index (χ2n) is 6.54. The third kappa shape index (κ3) is 3.37. The summed E-state index contributed by atoms with van der Waals surface area (Å²) in [5, 5.41) is 0. The Balaban J connectivity index is 1.54. The van der Waals surface area contributed by atoms with Crippen LogP contribution in [-0.4, -0.2) is 34.7 Å². The number of hydrogen-bond acceptors (Lipinski definition) is 3. The molecule has 1 aromatic rings. The summed E-state index contributed by atoms with van der Waals surface area (Å²) in [6, 6.07) is 3.63. The van der Waals surface area contributed by atoms with Crippen LogP contribution in [0.3, 0.4) is 0 Å². The number of piperidine rings is 1. The zero-order valence-corrected chi connectivity index (χ0v) is 13.0. The molecule has 4 nitrogen and oxygen atoms in total. The first-order chi connectivity index (χ1) is 10.8. The van der Waals surface area contributed by atoms with Gasteiger partial charge in [-0.25, -0.2) is 0 Å². The summed E-state index contributed by atoms with van der Waals surface area (Å²) < 4.78 is 0. The molecular weight excluding hydrogens is 276 g/mol. The quantitative estimate of drug-likeness (QED) is 0.806. The molecule has 1 saturated heterocycles. The minimum absolute atomic E-state index is 0.0413. The van der Waals surface area contributed by atoms with Crippen LogP contribution < -0.4 is 0 Å². The molecule has 0 unspecified atom stereocenters. The fraction of sp³-hybridized carbons (Fsp3) is 0.611. The van der Waals surface area contributed by atoms with E-state index >= 15 is 0 Å². The number of aromatic nitrogens is 1. The number of ketones is 1. The molecule has 118 valence electrons. The SMILES string of the molecule is O=C(c1cccnc1)C1CCN(C(=O)C2CCCCC2)CC1. The van der Waals surface area contributed by atoms with E-state index in [1.165, 1.54) is 19.3 Å². The molecule has 0 atom stereocenters. The lowest BCUT2D eigenvalue weighted by molar-refractivity contribution is -0.137. The molecule has 4 heteroatoms. The Hall–Kier alpha value is -1.71. The number of nitrogens with zero attached hydrogens (tertiary/aromatic N) is 2. The van der Waals surface area contributed by atoms with Crippen LogP contribution in [0.4, 0.5) is 0 Å². The summed E-state index contributed by atoms with van der Waals surface area (Å²) in [6.45, 7) is 1.46. The molecule has 2 heterocycles. The lowest BCUT2D eigenvalue weighted by Crippen LogP contribution is -2.43. The minimum atomic E-state index is 0.0413. The van der Waals surface area contributed by atoms with E-state index in [0.29, 0.717) is 11.5 Å². The van der Waals surface area contributed by atoms with Crippen LogP contribution in [0.5, 0.6) is 0 Å². The van der Waals surface area contributed by atoms with Crippen LogP contribution >= 0.6 is 0 Å². The van der Waals surface area contributed by atoms with E-state index in [1.54, 1.807) is 18.5 Å². The number of carbonyl (C=O) groups excluding carboxylic acids is 2. The zero-order chi connectivity index (χ0) is 15.4. The third-order valence-electron chi connectivity index (χ3n) is 5.08. The third-order valence-corrected chi connectivity index (χ3v) is 5.08. The van der Waals surface area contributed by atoms with E-state index < -0.39 is 0 Å². The molecule has 3 rings (SSSR count). The molecule has 0 N–H and O–H groups in total. The maximum Gasteiger partial charge on any atom is 0.225 e. The first-order valence-corrected chi connectivity index (χ1v) is 8.49. The maximum absolute atomic E-state index is 12.5. The number of carbonyl (C=O) groups is 2. The molecule has 22 heavy (non-hydrogen) atoms. The normalized spacial score (nSPS) is 20.8. The van der Waals surface area contributed by atoms with Gasteiger partial charge in [0.2, 0.25) is 5.91 Å². The van der Waals surface area contributed by atoms with Crippen molar-refractivity contribution in [3.05, 3.63) is 30.1 Å². The highest BCUT2D eigenvalue weighted by molar-refractivity contribution is 5.97. The summed E-state index contributed by atoms with van der Waals surface area (Å²) in [5.74, 6) is 0.781. The van der Waals surface area contributed by atoms with E-state index in [1.807, 2.05) is 11.0 Å². The van der Waals surface area contributed by atoms with Gasteiger partial charge < -0.3 is 4.90 Å². The van der Waals surface area contributed by atoms with Gasteiger partial charge in [-0.3, -0.25) is 14.6 Å². The summed E-state index contributed by atoms with van der Waals surface area (Å²) >= 11 is 0. The van der Waals surface area contributed by atoms with Gasteiger partial charge in [0.05, 0.1) is 0 Å². The molecule has 2 aliphatic rings. The van der Waals surface area contributed by atoms with E-state index in [2.05, 4.69) is 4.98 Å². The highest BCUT2D eigenvalue weighted by atomic mass is 16.2. The van der Waals surface area contributed by atoms with Crippen LogP contribution in [0.25, 0.3) is 0 Å². The van der Waals surface area contributed by atoms with Gasteiger partial charge in [-0.15, -0.1) is 0 Å². The van der Waals surface area contributed by atoms with Gasteiger partial charge in [0.25, 0.3) is 0 Å². The van der Waals surface area contributed by atoms with Gasteiger partial charge in [-0.1, -0.05) is 19.3 Å². The van der Waals surface area contributed by atoms with Gasteiger partial charge in [0.15, 0.2) is 5.78 Å². The molecule has 0 bridgehead atoms. The van der Waals surface area contributed by atoms with Gasteiger partial charge in [-0.05, 0) is 37.8 Å². The second-order valence-corrected chi connectivity index (χ2v) is 6.54. The molecule has 1 amide bonds. The number of hydrogen-bond donors (Lipinski definition) is 0. The Kier molecular flexibility index (Phi) is 4.86. The van der Waals surface area contributed by atoms with Crippen molar-refractivity contribution in [1.82, 2.24) is 9.88 Å². The van der Waals surface area contributed by atoms with E-state index in [9.17, 15) is 9.59 Å². The Morgan fingerprint density at radius 2 is 1.73 bits per heavy atom. The largest absolute Gasteiger partial charge is 0.342 e. The van der Waals surface area contributed by atoms with Crippen molar-refractivity contribution >= 4 is 11.7 Å². The van der Waals surface area contributed by atoms with Gasteiger partial charge in [0.1, 0.15) is 0 Å². The predicted molar refractivity (Wildman–Crippen MR) is 84.4 cm³/mol. The topological polar surface area (TPSA) is 50.3 Å². The van der Waals surface area contributed by atoms with Crippen LogP contribution in [0.1, 0.15) is 55.3 Å². The van der Waals surface area contributed by atoms with E-state index in [-0.39, 0.29) is 17.6 Å². The van der Waals surface area contributed by atoms with Crippen molar-refractivity contribution < 1.29 is 9.59 Å². The molecule has 0 spiro atoms. The van der Waals surface area contributed by atoms with Crippen LogP contribution in [0.2, 0.25) is 0 Å². The standard InChI is InChI=1S/C18H24N2O2/c21-17(16-7-4-10-19-13-16)14-8-11-20(12-9-14)18(22)15-5-2-1-3-6-15/h4,7,10,13-15H,1-3,5-6,8-9,11-12H2. The van der Waals surface area contributed by atoms with Gasteiger partial charge >= 0.3 is 0 Å². The summed E-state index contributed by atoms with van der Waals surface area (Å²) in [5.41, 5.74) is 0.694. The predicted octanol–water partition coefficient (Wildman–Crippen LogP) is 3.08. The van der Waals surface area contributed by atoms with Gasteiger partial charge in [0, 0.05) is 42.9 Å². The van der Waals surface area contributed by atoms with Crippen LogP contribution in [-0.2, 0) is 4.79 Å². The molecule has 1 saturated carbocycles. The van der Waals surface area contributed by atoms with Crippen molar-refractivity contribution in [2.45, 2.75) is 44.9 Å². The van der Waals surface area contributed by atoms with E-state index in [4.69, 9.17) is 0 Å². The first kappa shape index (κ1) is 15.2. The smallest absolute Gasteiger partial charge is 0.225 e. The number of amides is 1. The second kappa shape index (κ2) is 7.03. The van der Waals surface area contributed by atoms with E-state index in [0.717, 1.165) is 38.8 Å². The Labute approximate surface area is 131 Å². The Bertz CT molecular complexity index is 515. The van der Waals surface area contributed by atoms with Crippen molar-refractivity contribution in [3.63, 3.8) is 0 Å². The molecule has 0 aromatic carbocycles. The first-order valence-electron chi connectivity index (χ1n) is 8.49. The lowest BCUT2D eigenvalue weighted by atomic mass is 9.86. The maximum atomic E-state index is 12.5. The van der Waals surface area contributed by atoms with Gasteiger partial charge in [-0.2, -0.15) is 0 Å². The monoisotopic (exact) mass is 300 g/mol. The average molecular weight is 300 g/mol. The zero-order valence-electron chi connectivity index (χ0n) is 13.0. The van der Waals surface area contributed by atoms with Crippen LogP contribution in [0.15, 0.2) is 24.5 Å². The highest BCUT2D eigenvalue weighted by Crippen LogP contribution is 2.28. The molecular formula is C18H24N2O2. The fourth-order valence-electron chi connectivity index (χ4n) is 3.71. The molecule has 1 aliphatic heterocycles. The van der Waals surface area contributed by atoms with Crippen molar-refractivity contribution in [2.75, 3.05) is 13.1 Å². The molecule has 0 radical (unpaired) electrons. The van der Waals surface area contributed by atoms with Crippen molar-refractivity contribution in [3.8, 4) is 0 Å². The number of likely N-dealkylation sites (tertiary alicyclic amines) is 1. The molecule has 1 aliphatic carbocycles. The lowest BCUT2D eigenvalue weighted by Gasteiger charge is -2.34. The minimum Gasteiger partial charge on any atom is -0.342 e. The number of Topliss-reactive ketones (excluding diaryl/α,β-unsaturated/α-hetero) is 1. The van der Waals surface area contributed by atoms with Crippen molar-refractivity contribution in [2.24, 2.45) is 11.8 Å². The Morgan fingerprint density at radius 1 is 1.00 bits per heavy atom. The average Bonchev–Trinajstić information content (AvgIpc) is 2.62. The summed E-state index contributed by atoms with van der Waals surface area (Å²) in [7, 11) is 0. The van der Waals surface area contributed by atoms with Crippen molar-refractivity contribution in [1.29, 1.82) is 0 Å². The van der Waals surface area contributed by atoms with Crippen LogP contribution in [0, 0.1) is 11.8 Å². The number of pyridine rings is 1. The number of rotatable bonds is 3. The Morgan fingerprint density at radius 3 is 2.36 bits per heavy atom. The highest BCUT2D eigenvalue weighted by Gasteiger charge is 2.31. The summed E-state index contributed by atoms with van der Waals surface area (Å²) in [6.07, 6.45) is 10.6. The fourth-order valence-corrected chi connectivity index (χ4v) is 3.71.